The molecule has 4 aromatic rings. The van der Waals surface area contributed by atoms with Gasteiger partial charge in [0.25, 0.3) is 5.91 Å². The van der Waals surface area contributed by atoms with E-state index in [0.717, 1.165) is 5.56 Å². The molecule has 0 N–H and O–H groups in total. The number of fused-ring (bicyclic) bond motifs is 2. The SMILES string of the molecule is C=CCOc1ccc(C2c3c(oc4ccc(Cl)cc4c3=O)C(=O)N2Cc2ccco2)cc1. The van der Waals surface area contributed by atoms with Gasteiger partial charge in [0.1, 0.15) is 23.7 Å². The molecule has 0 saturated carbocycles. The van der Waals surface area contributed by atoms with E-state index in [4.69, 9.17) is 25.2 Å². The molecule has 0 radical (unpaired) electrons. The Hall–Kier alpha value is -3.77. The number of ether oxygens (including phenoxy) is 1. The van der Waals surface area contributed by atoms with E-state index in [1.165, 1.54) is 0 Å². The zero-order chi connectivity index (χ0) is 22.2. The summed E-state index contributed by atoms with van der Waals surface area (Å²) in [6.45, 7) is 4.21. The maximum atomic E-state index is 13.5. The first kappa shape index (κ1) is 20.2. The van der Waals surface area contributed by atoms with Crippen LogP contribution in [0.15, 0.2) is 87.1 Å². The molecule has 0 bridgehead atoms. The lowest BCUT2D eigenvalue weighted by molar-refractivity contribution is 0.0701. The van der Waals surface area contributed by atoms with Crippen molar-refractivity contribution in [3.8, 4) is 5.75 Å². The second kappa shape index (κ2) is 8.05. The summed E-state index contributed by atoms with van der Waals surface area (Å²) in [5, 5.41) is 0.752. The van der Waals surface area contributed by atoms with Gasteiger partial charge in [-0.05, 0) is 48.0 Å². The van der Waals surface area contributed by atoms with Gasteiger partial charge in [0, 0.05) is 5.02 Å². The van der Waals surface area contributed by atoms with Crippen LogP contribution >= 0.6 is 11.6 Å². The number of carbonyl (C=O) groups excluding carboxylic acids is 1. The monoisotopic (exact) mass is 447 g/mol. The second-order valence-electron chi connectivity index (χ2n) is 7.40. The average molecular weight is 448 g/mol. The highest BCUT2D eigenvalue weighted by Gasteiger charge is 2.43. The van der Waals surface area contributed by atoms with Crippen LogP contribution in [0.5, 0.6) is 5.75 Å². The van der Waals surface area contributed by atoms with Crippen LogP contribution in [0.4, 0.5) is 0 Å². The van der Waals surface area contributed by atoms with Crippen molar-refractivity contribution in [2.75, 3.05) is 6.61 Å². The number of nitrogens with zero attached hydrogens (tertiary/aromatic N) is 1. The Kier molecular flexibility index (Phi) is 5.07. The van der Waals surface area contributed by atoms with Crippen molar-refractivity contribution in [1.29, 1.82) is 0 Å². The Morgan fingerprint density at radius 2 is 1.94 bits per heavy atom. The van der Waals surface area contributed by atoms with Crippen LogP contribution in [0.3, 0.4) is 0 Å². The molecular weight excluding hydrogens is 430 g/mol. The van der Waals surface area contributed by atoms with E-state index >= 15 is 0 Å². The summed E-state index contributed by atoms with van der Waals surface area (Å²) in [5.74, 6) is 0.922. The van der Waals surface area contributed by atoms with Crippen LogP contribution in [0.25, 0.3) is 11.0 Å². The molecule has 32 heavy (non-hydrogen) atoms. The van der Waals surface area contributed by atoms with Gasteiger partial charge in [0.15, 0.2) is 5.43 Å². The number of benzene rings is 2. The molecule has 1 aliphatic rings. The van der Waals surface area contributed by atoms with Crippen molar-refractivity contribution >= 4 is 28.5 Å². The number of amides is 1. The maximum absolute atomic E-state index is 13.5. The van der Waals surface area contributed by atoms with E-state index in [9.17, 15) is 9.59 Å². The standard InChI is InChI=1S/C25H18ClNO5/c1-2-11-30-17-8-5-15(6-9-17)22-21-23(28)19-13-16(26)7-10-20(19)32-24(21)25(29)27(22)14-18-4-3-12-31-18/h2-10,12-13,22H,1,11,14H2. The lowest BCUT2D eigenvalue weighted by atomic mass is 9.98. The van der Waals surface area contributed by atoms with E-state index in [0.29, 0.717) is 34.1 Å². The Morgan fingerprint density at radius 3 is 2.66 bits per heavy atom. The van der Waals surface area contributed by atoms with Crippen LogP contribution in [-0.4, -0.2) is 17.4 Å². The zero-order valence-corrected chi connectivity index (χ0v) is 17.7. The lowest BCUT2D eigenvalue weighted by Crippen LogP contribution is -2.29. The molecule has 1 atom stereocenters. The molecule has 0 aliphatic carbocycles. The second-order valence-corrected chi connectivity index (χ2v) is 7.83. The van der Waals surface area contributed by atoms with Crippen molar-refractivity contribution in [3.63, 3.8) is 0 Å². The maximum Gasteiger partial charge on any atom is 0.291 e. The average Bonchev–Trinajstić information content (AvgIpc) is 3.41. The summed E-state index contributed by atoms with van der Waals surface area (Å²) in [5.41, 5.74) is 1.08. The molecule has 6 nitrogen and oxygen atoms in total. The molecule has 2 aromatic heterocycles. The predicted octanol–water partition coefficient (Wildman–Crippen LogP) is 5.35. The van der Waals surface area contributed by atoms with Crippen molar-refractivity contribution < 1.29 is 18.4 Å². The Morgan fingerprint density at radius 1 is 1.12 bits per heavy atom. The number of carbonyl (C=O) groups is 1. The van der Waals surface area contributed by atoms with E-state index < -0.39 is 6.04 Å². The molecular formula is C25H18ClNO5. The molecule has 0 spiro atoms. The summed E-state index contributed by atoms with van der Waals surface area (Å²) >= 11 is 6.12. The highest BCUT2D eigenvalue weighted by Crippen LogP contribution is 2.39. The first-order valence-corrected chi connectivity index (χ1v) is 10.4. The Balaban J connectivity index is 1.67. The molecule has 7 heteroatoms. The van der Waals surface area contributed by atoms with Crippen LogP contribution < -0.4 is 10.2 Å². The van der Waals surface area contributed by atoms with E-state index in [1.807, 2.05) is 12.1 Å². The van der Waals surface area contributed by atoms with Crippen molar-refractivity contribution in [1.82, 2.24) is 4.90 Å². The molecule has 1 amide bonds. The molecule has 3 heterocycles. The minimum absolute atomic E-state index is 0.0355. The smallest absolute Gasteiger partial charge is 0.291 e. The fraction of sp³-hybridized carbons (Fsp3) is 0.120. The Labute approximate surface area is 188 Å². The molecule has 1 unspecified atom stereocenters. The lowest BCUT2D eigenvalue weighted by Gasteiger charge is -2.24. The van der Waals surface area contributed by atoms with Crippen LogP contribution in [0.1, 0.15) is 33.5 Å². The fourth-order valence-electron chi connectivity index (χ4n) is 3.97. The van der Waals surface area contributed by atoms with Gasteiger partial charge in [-0.1, -0.05) is 36.4 Å². The van der Waals surface area contributed by atoms with Crippen LogP contribution in [0, 0.1) is 0 Å². The van der Waals surface area contributed by atoms with Gasteiger partial charge in [-0.25, -0.2) is 0 Å². The summed E-state index contributed by atoms with van der Waals surface area (Å²) in [7, 11) is 0. The van der Waals surface area contributed by atoms with E-state index in [1.54, 1.807) is 59.7 Å². The van der Waals surface area contributed by atoms with Gasteiger partial charge in [-0.2, -0.15) is 0 Å². The summed E-state index contributed by atoms with van der Waals surface area (Å²) in [6.07, 6.45) is 3.20. The largest absolute Gasteiger partial charge is 0.490 e. The summed E-state index contributed by atoms with van der Waals surface area (Å²) in [4.78, 5) is 28.4. The molecule has 0 fully saturated rings. The van der Waals surface area contributed by atoms with Gasteiger partial charge in [-0.15, -0.1) is 0 Å². The Bertz CT molecular complexity index is 1370. The molecule has 1 aliphatic heterocycles. The number of hydrogen-bond acceptors (Lipinski definition) is 5. The predicted molar refractivity (Wildman–Crippen MR) is 120 cm³/mol. The molecule has 160 valence electrons. The number of furan rings is 1. The van der Waals surface area contributed by atoms with Crippen molar-refractivity contribution in [2.24, 2.45) is 0 Å². The third kappa shape index (κ3) is 3.39. The van der Waals surface area contributed by atoms with Gasteiger partial charge in [0.2, 0.25) is 5.76 Å². The normalized spacial score (nSPS) is 15.2. The highest BCUT2D eigenvalue weighted by molar-refractivity contribution is 6.31. The van der Waals surface area contributed by atoms with Crippen molar-refractivity contribution in [2.45, 2.75) is 12.6 Å². The van der Waals surface area contributed by atoms with Crippen LogP contribution in [-0.2, 0) is 6.54 Å². The van der Waals surface area contributed by atoms with Crippen molar-refractivity contribution in [3.05, 3.63) is 111 Å². The third-order valence-corrected chi connectivity index (χ3v) is 5.63. The summed E-state index contributed by atoms with van der Waals surface area (Å²) < 4.78 is 16.9. The highest BCUT2D eigenvalue weighted by atomic mass is 35.5. The van der Waals surface area contributed by atoms with E-state index in [-0.39, 0.29) is 29.2 Å². The molecule has 0 saturated heterocycles. The minimum atomic E-state index is -0.643. The van der Waals surface area contributed by atoms with Gasteiger partial charge in [-0.3, -0.25) is 9.59 Å². The molecule has 5 rings (SSSR count). The fourth-order valence-corrected chi connectivity index (χ4v) is 4.15. The number of hydrogen-bond donors (Lipinski definition) is 0. The van der Waals surface area contributed by atoms with Gasteiger partial charge < -0.3 is 18.5 Å². The van der Waals surface area contributed by atoms with Gasteiger partial charge in [0.05, 0.1) is 29.8 Å². The third-order valence-electron chi connectivity index (χ3n) is 5.40. The van der Waals surface area contributed by atoms with Crippen LogP contribution in [0.2, 0.25) is 5.02 Å². The number of rotatable bonds is 6. The molecule has 2 aromatic carbocycles. The van der Waals surface area contributed by atoms with Gasteiger partial charge >= 0.3 is 0 Å². The first-order chi connectivity index (χ1) is 15.6. The minimum Gasteiger partial charge on any atom is -0.490 e. The number of halogens is 1. The zero-order valence-electron chi connectivity index (χ0n) is 16.9. The van der Waals surface area contributed by atoms with E-state index in [2.05, 4.69) is 6.58 Å². The summed E-state index contributed by atoms with van der Waals surface area (Å²) in [6, 6.07) is 14.9. The first-order valence-electron chi connectivity index (χ1n) is 10.00. The topological polar surface area (TPSA) is 72.9 Å². The quantitative estimate of drug-likeness (QED) is 0.372.